The molecule has 0 atom stereocenters. The molecule has 0 N–H and O–H groups in total. The first-order valence-electron chi connectivity index (χ1n) is 17.4. The van der Waals surface area contributed by atoms with Gasteiger partial charge in [-0.15, -0.1) is 0 Å². The molecular weight excluding hydrogens is 617 g/mol. The lowest BCUT2D eigenvalue weighted by Gasteiger charge is -2.17. The van der Waals surface area contributed by atoms with E-state index in [0.29, 0.717) is 5.56 Å². The van der Waals surface area contributed by atoms with Crippen molar-refractivity contribution >= 4 is 75.7 Å². The van der Waals surface area contributed by atoms with Crippen LogP contribution in [0.4, 0.5) is 0 Å². The van der Waals surface area contributed by atoms with Crippen molar-refractivity contribution in [2.24, 2.45) is 0 Å². The molecule has 0 fully saturated rings. The third kappa shape index (κ3) is 3.92. The van der Waals surface area contributed by atoms with Gasteiger partial charge in [0, 0.05) is 21.8 Å². The fourth-order valence-corrected chi connectivity index (χ4v) is 8.74. The Hall–Kier alpha value is -6.95. The van der Waals surface area contributed by atoms with Gasteiger partial charge in [-0.3, -0.25) is 0 Å². The molecule has 1 heterocycles. The van der Waals surface area contributed by atoms with Crippen LogP contribution < -0.4 is 0 Å². The topological polar surface area (TPSA) is 28.7 Å². The third-order valence-corrected chi connectivity index (χ3v) is 10.9. The number of hydrogen-bond donors (Lipinski definition) is 0. The van der Waals surface area contributed by atoms with E-state index in [9.17, 15) is 5.26 Å². The Balaban J connectivity index is 1.26. The minimum absolute atomic E-state index is 0.704. The SMILES string of the molecule is N#Cc1ccc2c3c1ccc1cc(-c4cc5c6ccccc6c(-c6cccc7ccccc67)cc5c5ccccc45)cc(c13)n2-c1ccccc1. The van der Waals surface area contributed by atoms with E-state index in [-0.39, 0.29) is 0 Å². The number of nitrogens with zero attached hydrogens (tertiary/aromatic N) is 2. The van der Waals surface area contributed by atoms with Gasteiger partial charge in [-0.1, -0.05) is 121 Å². The summed E-state index contributed by atoms with van der Waals surface area (Å²) in [5.41, 5.74) is 8.96. The van der Waals surface area contributed by atoms with Crippen LogP contribution in [-0.2, 0) is 0 Å². The number of fused-ring (bicyclic) bond motifs is 6. The molecule has 2 heteroatoms. The molecule has 0 unspecified atom stereocenters. The maximum atomic E-state index is 10.0. The quantitative estimate of drug-likeness (QED) is 0.176. The van der Waals surface area contributed by atoms with Crippen LogP contribution in [0.1, 0.15) is 5.56 Å². The lowest BCUT2D eigenvalue weighted by molar-refractivity contribution is 1.18. The highest BCUT2D eigenvalue weighted by molar-refractivity contribution is 6.28. The van der Waals surface area contributed by atoms with E-state index in [1.165, 1.54) is 76.1 Å². The van der Waals surface area contributed by atoms with E-state index in [1.807, 2.05) is 6.07 Å². The molecular formula is C49H28N2. The highest BCUT2D eigenvalue weighted by Gasteiger charge is 2.21. The molecule has 0 amide bonds. The van der Waals surface area contributed by atoms with Gasteiger partial charge in [0.25, 0.3) is 0 Å². The largest absolute Gasteiger partial charge is 0.309 e. The summed E-state index contributed by atoms with van der Waals surface area (Å²) in [6.07, 6.45) is 0. The Kier molecular flexibility index (Phi) is 5.77. The van der Waals surface area contributed by atoms with Crippen molar-refractivity contribution in [3.63, 3.8) is 0 Å². The number of nitriles is 1. The zero-order chi connectivity index (χ0) is 33.6. The second-order valence-electron chi connectivity index (χ2n) is 13.6. The van der Waals surface area contributed by atoms with Gasteiger partial charge < -0.3 is 4.57 Å². The molecule has 1 aromatic heterocycles. The van der Waals surface area contributed by atoms with E-state index in [1.54, 1.807) is 0 Å². The van der Waals surface area contributed by atoms with Crippen LogP contribution in [0.25, 0.3) is 104 Å². The Morgan fingerprint density at radius 3 is 1.78 bits per heavy atom. The van der Waals surface area contributed by atoms with E-state index >= 15 is 0 Å². The predicted molar refractivity (Wildman–Crippen MR) is 215 cm³/mol. The molecule has 0 radical (unpaired) electrons. The van der Waals surface area contributed by atoms with Crippen molar-refractivity contribution in [3.05, 3.63) is 175 Å². The normalized spacial score (nSPS) is 11.9. The summed E-state index contributed by atoms with van der Waals surface area (Å²) in [5.74, 6) is 0. The Morgan fingerprint density at radius 1 is 0.373 bits per heavy atom. The Morgan fingerprint density at radius 2 is 1.02 bits per heavy atom. The zero-order valence-electron chi connectivity index (χ0n) is 27.6. The van der Waals surface area contributed by atoms with Crippen molar-refractivity contribution in [1.82, 2.24) is 4.57 Å². The van der Waals surface area contributed by atoms with Gasteiger partial charge >= 0.3 is 0 Å². The standard InChI is InChI=1S/C49H28N2/c50-29-32-22-24-46-49-36(32)23-21-31-25-33(26-47(48(31)49)51(46)34-13-2-1-3-14-34)42-27-44-41-19-9-8-18-40(41)43(28-45(44)39-17-7-6-16-38(39)42)37-20-10-12-30-11-4-5-15-35(30)37/h1-28H. The van der Waals surface area contributed by atoms with Crippen LogP contribution in [0.2, 0.25) is 0 Å². The summed E-state index contributed by atoms with van der Waals surface area (Å²) in [4.78, 5) is 0. The third-order valence-electron chi connectivity index (χ3n) is 10.9. The highest BCUT2D eigenvalue weighted by atomic mass is 15.0. The van der Waals surface area contributed by atoms with Gasteiger partial charge in [-0.25, -0.2) is 0 Å². The lowest BCUT2D eigenvalue weighted by Crippen LogP contribution is -1.94. The predicted octanol–water partition coefficient (Wildman–Crippen LogP) is 13.2. The molecule has 0 saturated heterocycles. The Labute approximate surface area is 294 Å². The van der Waals surface area contributed by atoms with Gasteiger partial charge in [0.2, 0.25) is 0 Å². The molecule has 0 aliphatic carbocycles. The van der Waals surface area contributed by atoms with Crippen LogP contribution in [0, 0.1) is 11.3 Å². The first-order chi connectivity index (χ1) is 25.3. The average Bonchev–Trinajstić information content (AvgIpc) is 3.54. The fourth-order valence-electron chi connectivity index (χ4n) is 8.74. The van der Waals surface area contributed by atoms with E-state index < -0.39 is 0 Å². The Bertz CT molecular complexity index is 3240. The van der Waals surface area contributed by atoms with Crippen molar-refractivity contribution in [2.75, 3.05) is 0 Å². The summed E-state index contributed by atoms with van der Waals surface area (Å²) < 4.78 is 2.37. The summed E-state index contributed by atoms with van der Waals surface area (Å²) in [7, 11) is 0. The molecule has 0 saturated carbocycles. The smallest absolute Gasteiger partial charge is 0.0998 e. The molecule has 10 aromatic carbocycles. The van der Waals surface area contributed by atoms with Crippen molar-refractivity contribution < 1.29 is 0 Å². The summed E-state index contributed by atoms with van der Waals surface area (Å²) in [6, 6.07) is 64.0. The van der Waals surface area contributed by atoms with Crippen LogP contribution >= 0.6 is 0 Å². The summed E-state index contributed by atoms with van der Waals surface area (Å²) in [6.45, 7) is 0. The monoisotopic (exact) mass is 644 g/mol. The van der Waals surface area contributed by atoms with Crippen molar-refractivity contribution in [3.8, 4) is 34.0 Å². The van der Waals surface area contributed by atoms with Crippen molar-refractivity contribution in [2.45, 2.75) is 0 Å². The first-order valence-corrected chi connectivity index (χ1v) is 17.4. The van der Waals surface area contributed by atoms with Gasteiger partial charge in [-0.2, -0.15) is 5.26 Å². The van der Waals surface area contributed by atoms with E-state index in [4.69, 9.17) is 0 Å². The van der Waals surface area contributed by atoms with Crippen LogP contribution in [0.15, 0.2) is 170 Å². The second-order valence-corrected chi connectivity index (χ2v) is 13.6. The van der Waals surface area contributed by atoms with Gasteiger partial charge in [0.1, 0.15) is 0 Å². The molecule has 0 aliphatic heterocycles. The van der Waals surface area contributed by atoms with E-state index in [0.717, 1.165) is 27.5 Å². The number of para-hydroxylation sites is 1. The van der Waals surface area contributed by atoms with Gasteiger partial charge in [0.15, 0.2) is 0 Å². The van der Waals surface area contributed by atoms with Crippen molar-refractivity contribution in [1.29, 1.82) is 5.26 Å². The molecule has 11 rings (SSSR count). The number of benzene rings is 10. The van der Waals surface area contributed by atoms with Crippen LogP contribution in [0.5, 0.6) is 0 Å². The lowest BCUT2D eigenvalue weighted by atomic mass is 9.86. The summed E-state index contributed by atoms with van der Waals surface area (Å²) in [5, 5.41) is 24.5. The fraction of sp³-hybridized carbons (Fsp3) is 0. The first kappa shape index (κ1) is 27.9. The van der Waals surface area contributed by atoms with Crippen LogP contribution in [-0.4, -0.2) is 4.57 Å². The zero-order valence-corrected chi connectivity index (χ0v) is 27.6. The number of aromatic nitrogens is 1. The molecule has 0 bridgehead atoms. The molecule has 51 heavy (non-hydrogen) atoms. The van der Waals surface area contributed by atoms with Gasteiger partial charge in [-0.05, 0) is 119 Å². The second kappa shape index (κ2) is 10.5. The molecule has 234 valence electrons. The molecule has 11 aromatic rings. The number of hydrogen-bond acceptors (Lipinski definition) is 1. The summed E-state index contributed by atoms with van der Waals surface area (Å²) >= 11 is 0. The minimum atomic E-state index is 0.704. The molecule has 2 nitrogen and oxygen atoms in total. The average molecular weight is 645 g/mol. The highest BCUT2D eigenvalue weighted by Crippen LogP contribution is 2.46. The molecule has 0 spiro atoms. The van der Waals surface area contributed by atoms with Crippen LogP contribution in [0.3, 0.4) is 0 Å². The van der Waals surface area contributed by atoms with Gasteiger partial charge in [0.05, 0.1) is 22.7 Å². The maximum absolute atomic E-state index is 10.0. The minimum Gasteiger partial charge on any atom is -0.309 e. The maximum Gasteiger partial charge on any atom is 0.0998 e. The number of rotatable bonds is 3. The van der Waals surface area contributed by atoms with E-state index in [2.05, 4.69) is 174 Å². The molecule has 0 aliphatic rings.